The van der Waals surface area contributed by atoms with E-state index in [1.54, 1.807) is 6.92 Å². The first-order valence-corrected chi connectivity index (χ1v) is 7.96. The van der Waals surface area contributed by atoms with Crippen LogP contribution in [0.3, 0.4) is 0 Å². The number of alkyl halides is 3. The molecule has 4 nitrogen and oxygen atoms in total. The van der Waals surface area contributed by atoms with Gasteiger partial charge in [-0.1, -0.05) is 11.6 Å². The van der Waals surface area contributed by atoms with Crippen molar-refractivity contribution in [3.63, 3.8) is 0 Å². The maximum absolute atomic E-state index is 12.1. The zero-order chi connectivity index (χ0) is 17.1. The predicted molar refractivity (Wildman–Crippen MR) is 90.6 cm³/mol. The normalized spacial score (nSPS) is 14.8. The van der Waals surface area contributed by atoms with Gasteiger partial charge in [0.15, 0.2) is 6.61 Å². The van der Waals surface area contributed by atoms with Crippen LogP contribution in [0.5, 0.6) is 5.88 Å². The van der Waals surface area contributed by atoms with Crippen molar-refractivity contribution in [3.8, 4) is 5.88 Å². The van der Waals surface area contributed by atoms with Crippen LogP contribution in [-0.4, -0.2) is 26.7 Å². The average molecular weight is 393 g/mol. The first-order valence-electron chi connectivity index (χ1n) is 6.43. The summed E-state index contributed by atoms with van der Waals surface area (Å²) in [6, 6.07) is 1.11. The molecule has 0 saturated heterocycles. The number of hydrogen-bond acceptors (Lipinski definition) is 3. The standard InChI is InChI=1S/C13H18ClF3N2O2S.H2S/c1-8(19-22(20)12(2,3)4)9-5-10(14)11(18-6-9)21-7-13(15,16)17;/h5-6,8,19H,7H2,1-4H3;1H2/t8-,22+;/m0./s1. The highest BCUT2D eigenvalue weighted by atomic mass is 35.5. The molecule has 0 aliphatic rings. The van der Waals surface area contributed by atoms with Crippen LogP contribution in [0.25, 0.3) is 0 Å². The van der Waals surface area contributed by atoms with Gasteiger partial charge < -0.3 is 4.74 Å². The summed E-state index contributed by atoms with van der Waals surface area (Å²) in [7, 11) is -1.30. The van der Waals surface area contributed by atoms with Crippen LogP contribution in [0, 0.1) is 0 Å². The van der Waals surface area contributed by atoms with Gasteiger partial charge in [-0.25, -0.2) is 13.9 Å². The van der Waals surface area contributed by atoms with Crippen molar-refractivity contribution in [2.24, 2.45) is 0 Å². The van der Waals surface area contributed by atoms with Crippen molar-refractivity contribution in [2.45, 2.75) is 44.7 Å². The third-order valence-corrected chi connectivity index (χ3v) is 4.49. The van der Waals surface area contributed by atoms with Crippen LogP contribution in [-0.2, 0) is 11.0 Å². The summed E-state index contributed by atoms with van der Waals surface area (Å²) in [5.41, 5.74) is 0.599. The first kappa shape index (κ1) is 22.5. The fourth-order valence-corrected chi connectivity index (χ4v) is 2.38. The van der Waals surface area contributed by atoms with E-state index in [1.165, 1.54) is 12.3 Å². The number of aromatic nitrogens is 1. The fraction of sp³-hybridized carbons (Fsp3) is 0.615. The predicted octanol–water partition coefficient (Wildman–Crippen LogP) is 3.90. The van der Waals surface area contributed by atoms with Crippen LogP contribution in [0.2, 0.25) is 5.02 Å². The Morgan fingerprint density at radius 2 is 1.96 bits per heavy atom. The molecule has 0 aromatic carbocycles. The van der Waals surface area contributed by atoms with E-state index in [2.05, 4.69) is 14.4 Å². The van der Waals surface area contributed by atoms with E-state index >= 15 is 0 Å². The molecule has 0 saturated carbocycles. The molecule has 0 amide bonds. The molecule has 23 heavy (non-hydrogen) atoms. The van der Waals surface area contributed by atoms with Gasteiger partial charge >= 0.3 is 6.18 Å². The van der Waals surface area contributed by atoms with Crippen molar-refractivity contribution in [3.05, 3.63) is 22.8 Å². The van der Waals surface area contributed by atoms with Gasteiger partial charge in [0, 0.05) is 12.2 Å². The van der Waals surface area contributed by atoms with Crippen molar-refractivity contribution in [1.29, 1.82) is 0 Å². The van der Waals surface area contributed by atoms with E-state index in [0.717, 1.165) is 0 Å². The second-order valence-corrected chi connectivity index (χ2v) is 8.09. The molecule has 1 N–H and O–H groups in total. The minimum atomic E-state index is -4.46. The van der Waals surface area contributed by atoms with E-state index < -0.39 is 28.5 Å². The maximum Gasteiger partial charge on any atom is 0.422 e. The van der Waals surface area contributed by atoms with E-state index in [4.69, 9.17) is 11.6 Å². The number of nitrogens with one attached hydrogen (secondary N) is 1. The Kier molecular flexibility index (Phi) is 8.36. The molecular weight excluding hydrogens is 373 g/mol. The Bertz CT molecular complexity index is 551. The number of rotatable bonds is 5. The maximum atomic E-state index is 12.1. The first-order chi connectivity index (χ1) is 9.90. The third kappa shape index (κ3) is 7.73. The van der Waals surface area contributed by atoms with Crippen LogP contribution >= 0.6 is 25.1 Å². The molecular formula is C13H20ClF3N2O2S2. The average Bonchev–Trinajstić information content (AvgIpc) is 2.34. The highest BCUT2D eigenvalue weighted by Gasteiger charge is 2.29. The highest BCUT2D eigenvalue weighted by molar-refractivity contribution is 7.84. The summed E-state index contributed by atoms with van der Waals surface area (Å²) in [5.74, 6) is -0.285. The molecule has 1 heterocycles. The number of hydrogen-bond donors (Lipinski definition) is 1. The van der Waals surface area contributed by atoms with E-state index in [1.807, 2.05) is 20.8 Å². The van der Waals surface area contributed by atoms with Gasteiger partial charge in [-0.3, -0.25) is 0 Å². The molecule has 0 fully saturated rings. The second-order valence-electron chi connectivity index (χ2n) is 5.68. The van der Waals surface area contributed by atoms with E-state index in [-0.39, 0.29) is 30.4 Å². The van der Waals surface area contributed by atoms with Gasteiger partial charge in [-0.05, 0) is 39.3 Å². The van der Waals surface area contributed by atoms with Crippen LogP contribution in [0.1, 0.15) is 39.3 Å². The van der Waals surface area contributed by atoms with Crippen molar-refractivity contribution in [1.82, 2.24) is 9.71 Å². The molecule has 1 rings (SSSR count). The van der Waals surface area contributed by atoms with Crippen molar-refractivity contribution in [2.75, 3.05) is 6.61 Å². The van der Waals surface area contributed by atoms with Gasteiger partial charge in [0.2, 0.25) is 5.88 Å². The number of pyridine rings is 1. The summed E-state index contributed by atoms with van der Waals surface area (Å²) in [4.78, 5) is 3.78. The lowest BCUT2D eigenvalue weighted by molar-refractivity contribution is -0.154. The molecule has 0 aliphatic carbocycles. The Labute approximate surface area is 148 Å². The van der Waals surface area contributed by atoms with Gasteiger partial charge in [0.05, 0.1) is 15.7 Å². The van der Waals surface area contributed by atoms with Crippen LogP contribution in [0.4, 0.5) is 13.2 Å². The molecule has 0 aliphatic heterocycles. The van der Waals surface area contributed by atoms with Crippen molar-refractivity contribution < 1.29 is 22.1 Å². The quantitative estimate of drug-likeness (QED) is 0.826. The molecule has 2 atom stereocenters. The van der Waals surface area contributed by atoms with Gasteiger partial charge in [-0.15, -0.1) is 0 Å². The molecule has 0 unspecified atom stereocenters. The Balaban J connectivity index is 0.00000484. The Morgan fingerprint density at radius 1 is 1.39 bits per heavy atom. The summed E-state index contributed by atoms with van der Waals surface area (Å²) < 4.78 is 55.3. The number of halogens is 4. The van der Waals surface area contributed by atoms with Gasteiger partial charge in [-0.2, -0.15) is 26.7 Å². The fourth-order valence-electron chi connectivity index (χ4n) is 1.34. The zero-order valence-corrected chi connectivity index (χ0v) is 15.7. The van der Waals surface area contributed by atoms with Crippen molar-refractivity contribution >= 4 is 36.1 Å². The lowest BCUT2D eigenvalue weighted by Gasteiger charge is -2.22. The highest BCUT2D eigenvalue weighted by Crippen LogP contribution is 2.27. The summed E-state index contributed by atoms with van der Waals surface area (Å²) >= 11 is 5.87. The largest absolute Gasteiger partial charge is 0.467 e. The molecule has 0 bridgehead atoms. The summed E-state index contributed by atoms with van der Waals surface area (Å²) in [6.45, 7) is 5.76. The zero-order valence-electron chi connectivity index (χ0n) is 13.1. The number of ether oxygens (including phenoxy) is 1. The second kappa shape index (κ2) is 8.55. The summed E-state index contributed by atoms with van der Waals surface area (Å²) in [6.07, 6.45) is -3.11. The molecule has 0 spiro atoms. The van der Waals surface area contributed by atoms with Crippen LogP contribution < -0.4 is 9.46 Å². The SMILES string of the molecule is C[C@H](N[S@](=O)C(C)(C)C)c1cnc(OCC(F)(F)F)c(Cl)c1.S. The van der Waals surface area contributed by atoms with Gasteiger partial charge in [0.25, 0.3) is 0 Å². The van der Waals surface area contributed by atoms with E-state index in [0.29, 0.717) is 5.56 Å². The Hall–Kier alpha value is -0.510. The minimum Gasteiger partial charge on any atom is -0.467 e. The smallest absolute Gasteiger partial charge is 0.422 e. The van der Waals surface area contributed by atoms with E-state index in [9.17, 15) is 17.4 Å². The van der Waals surface area contributed by atoms with Gasteiger partial charge in [0.1, 0.15) is 5.02 Å². The topological polar surface area (TPSA) is 51.2 Å². The molecule has 134 valence electrons. The number of nitrogens with zero attached hydrogens (tertiary/aromatic N) is 1. The minimum absolute atomic E-state index is 0. The monoisotopic (exact) mass is 392 g/mol. The molecule has 10 heteroatoms. The Morgan fingerprint density at radius 3 is 2.39 bits per heavy atom. The van der Waals surface area contributed by atoms with Crippen LogP contribution in [0.15, 0.2) is 12.3 Å². The molecule has 1 aromatic heterocycles. The lowest BCUT2D eigenvalue weighted by Crippen LogP contribution is -2.34. The third-order valence-electron chi connectivity index (χ3n) is 2.54. The molecule has 1 aromatic rings. The lowest BCUT2D eigenvalue weighted by atomic mass is 10.2. The molecule has 0 radical (unpaired) electrons. The summed E-state index contributed by atoms with van der Waals surface area (Å²) in [5, 5.41) is -0.0306.